The summed E-state index contributed by atoms with van der Waals surface area (Å²) < 4.78 is 43.0. The largest absolute Gasteiger partial charge is 0.399 e. The first-order chi connectivity index (χ1) is 20.4. The molecule has 0 nitrogen and oxygen atoms in total. The van der Waals surface area contributed by atoms with Crippen LogP contribution in [0.3, 0.4) is 0 Å². The Bertz CT molecular complexity index is 845. The van der Waals surface area contributed by atoms with Gasteiger partial charge in [0.1, 0.15) is 0 Å². The number of alkyl halides is 3. The van der Waals surface area contributed by atoms with Crippen molar-refractivity contribution in [3.8, 4) is 0 Å². The van der Waals surface area contributed by atoms with Gasteiger partial charge < -0.3 is 0 Å². The standard InChI is InChI=1S/C26H39F3.C12H26.C2H6/c1-10-14-15-22(13-4)25(24(18(5)6)21(9)20(8)12-3)23(26(27,28)29)17-16-19(7)11-2;1-3-5-7-9-11-12-10-8-6-4-2;1-2/h11,13,16-17,23H,4,10,12,14-15H2,1-3,5-9H3;3-12H2,1-2H3;1-2H3/b17-16?,19-11+,21-20+,25-22+;;. The van der Waals surface area contributed by atoms with Crippen LogP contribution in [-0.4, -0.2) is 6.18 Å². The van der Waals surface area contributed by atoms with Crippen LogP contribution in [0.1, 0.15) is 173 Å². The summed E-state index contributed by atoms with van der Waals surface area (Å²) in [5, 5.41) is 0. The van der Waals surface area contributed by atoms with Gasteiger partial charge in [-0.3, -0.25) is 0 Å². The highest BCUT2D eigenvalue weighted by Crippen LogP contribution is 2.43. The number of allylic oxidation sites excluding steroid dienone is 11. The number of unbranched alkanes of at least 4 members (excludes halogenated alkanes) is 10. The quantitative estimate of drug-likeness (QED) is 0.101. The van der Waals surface area contributed by atoms with Crippen molar-refractivity contribution in [2.45, 2.75) is 179 Å². The summed E-state index contributed by atoms with van der Waals surface area (Å²) >= 11 is 0. The van der Waals surface area contributed by atoms with Crippen LogP contribution in [0.15, 0.2) is 69.9 Å². The maximum Gasteiger partial charge on any atom is 0.399 e. The number of hydrogen-bond donors (Lipinski definition) is 0. The van der Waals surface area contributed by atoms with Gasteiger partial charge in [-0.1, -0.05) is 160 Å². The molecule has 0 spiro atoms. The second-order valence-corrected chi connectivity index (χ2v) is 11.6. The van der Waals surface area contributed by atoms with E-state index in [0.717, 1.165) is 47.1 Å². The molecule has 0 aromatic carbocycles. The molecular formula is C40H71F3. The third-order valence-electron chi connectivity index (χ3n) is 7.83. The van der Waals surface area contributed by atoms with Gasteiger partial charge in [0, 0.05) is 0 Å². The lowest BCUT2D eigenvalue weighted by atomic mass is 9.79. The highest BCUT2D eigenvalue weighted by atomic mass is 19.4. The lowest BCUT2D eigenvalue weighted by molar-refractivity contribution is -0.151. The molecule has 0 radical (unpaired) electrons. The summed E-state index contributed by atoms with van der Waals surface area (Å²) in [5.74, 6) is -1.67. The predicted molar refractivity (Wildman–Crippen MR) is 191 cm³/mol. The molecule has 0 bridgehead atoms. The van der Waals surface area contributed by atoms with Crippen LogP contribution in [0, 0.1) is 5.92 Å². The molecule has 0 N–H and O–H groups in total. The molecule has 1 atom stereocenters. The van der Waals surface area contributed by atoms with Crippen LogP contribution in [-0.2, 0) is 0 Å². The van der Waals surface area contributed by atoms with Gasteiger partial charge in [0.15, 0.2) is 0 Å². The highest BCUT2D eigenvalue weighted by Gasteiger charge is 2.42. The van der Waals surface area contributed by atoms with E-state index >= 15 is 0 Å². The molecule has 0 saturated heterocycles. The Morgan fingerprint density at radius 2 is 1.16 bits per heavy atom. The molecule has 43 heavy (non-hydrogen) atoms. The maximum atomic E-state index is 14.3. The smallest absolute Gasteiger partial charge is 0.170 e. The second-order valence-electron chi connectivity index (χ2n) is 11.6. The summed E-state index contributed by atoms with van der Waals surface area (Å²) in [7, 11) is 0. The van der Waals surface area contributed by atoms with Gasteiger partial charge in [-0.25, -0.2) is 0 Å². The zero-order chi connectivity index (χ0) is 33.8. The Hall–Kier alpha value is -1.77. The van der Waals surface area contributed by atoms with Crippen LogP contribution in [0.4, 0.5) is 13.2 Å². The molecular weight excluding hydrogens is 537 g/mol. The second kappa shape index (κ2) is 29.0. The zero-order valence-corrected chi connectivity index (χ0v) is 30.6. The molecule has 3 heteroatoms. The van der Waals surface area contributed by atoms with Crippen LogP contribution < -0.4 is 0 Å². The van der Waals surface area contributed by atoms with E-state index in [1.54, 1.807) is 12.2 Å². The van der Waals surface area contributed by atoms with E-state index in [-0.39, 0.29) is 0 Å². The normalized spacial score (nSPS) is 13.7. The van der Waals surface area contributed by atoms with Gasteiger partial charge in [0.05, 0.1) is 5.92 Å². The van der Waals surface area contributed by atoms with E-state index in [0.29, 0.717) is 17.6 Å². The van der Waals surface area contributed by atoms with Crippen molar-refractivity contribution in [2.75, 3.05) is 0 Å². The minimum atomic E-state index is -4.39. The Labute approximate surface area is 267 Å². The van der Waals surface area contributed by atoms with E-state index in [1.807, 2.05) is 75.3 Å². The van der Waals surface area contributed by atoms with E-state index in [1.165, 1.54) is 70.3 Å². The molecule has 0 aliphatic rings. The molecule has 0 aromatic heterocycles. The lowest BCUT2D eigenvalue weighted by Gasteiger charge is -2.28. The van der Waals surface area contributed by atoms with Gasteiger partial charge in [0.2, 0.25) is 0 Å². The molecule has 0 saturated carbocycles. The van der Waals surface area contributed by atoms with Crippen LogP contribution in [0.25, 0.3) is 0 Å². The average Bonchev–Trinajstić information content (AvgIpc) is 2.98. The fraction of sp³-hybridized carbons (Fsp3) is 0.700. The predicted octanol–water partition coefficient (Wildman–Crippen LogP) is 15.4. The SMILES string of the molecule is C=C/C(CCCC)=C(\C(=C(C)C)/C(C)=C(\C)CC)C(C=C/C(C)=C/C)C(F)(F)F.CC.CCCCCCCCCCCC. The molecule has 0 aliphatic carbocycles. The van der Waals surface area contributed by atoms with Crippen molar-refractivity contribution in [3.05, 3.63) is 69.9 Å². The molecule has 0 fully saturated rings. The molecule has 0 heterocycles. The highest BCUT2D eigenvalue weighted by molar-refractivity contribution is 5.56. The fourth-order valence-corrected chi connectivity index (χ4v) is 4.83. The van der Waals surface area contributed by atoms with Crippen LogP contribution in [0.2, 0.25) is 0 Å². The molecule has 0 amide bonds. The Kier molecular flexibility index (Phi) is 30.8. The number of rotatable bonds is 19. The van der Waals surface area contributed by atoms with E-state index in [2.05, 4.69) is 20.4 Å². The Balaban J connectivity index is -0.000000952. The first-order valence-electron chi connectivity index (χ1n) is 17.4. The Morgan fingerprint density at radius 1 is 0.721 bits per heavy atom. The number of hydrogen-bond acceptors (Lipinski definition) is 0. The van der Waals surface area contributed by atoms with E-state index < -0.39 is 12.1 Å². The summed E-state index contributed by atoms with van der Waals surface area (Å²) in [6.45, 7) is 27.9. The van der Waals surface area contributed by atoms with Gasteiger partial charge in [-0.05, 0) is 83.1 Å². The zero-order valence-electron chi connectivity index (χ0n) is 30.6. The third kappa shape index (κ3) is 21.6. The third-order valence-corrected chi connectivity index (χ3v) is 7.83. The maximum absolute atomic E-state index is 14.3. The minimum Gasteiger partial charge on any atom is -0.170 e. The average molecular weight is 609 g/mol. The molecule has 0 rings (SSSR count). The van der Waals surface area contributed by atoms with Gasteiger partial charge in [-0.15, -0.1) is 0 Å². The molecule has 0 aromatic rings. The van der Waals surface area contributed by atoms with Crippen molar-refractivity contribution < 1.29 is 13.2 Å². The Morgan fingerprint density at radius 3 is 1.49 bits per heavy atom. The lowest BCUT2D eigenvalue weighted by Crippen LogP contribution is -2.26. The van der Waals surface area contributed by atoms with Gasteiger partial charge in [-0.2, -0.15) is 13.2 Å². The van der Waals surface area contributed by atoms with Gasteiger partial charge >= 0.3 is 6.18 Å². The van der Waals surface area contributed by atoms with E-state index in [9.17, 15) is 13.2 Å². The summed E-state index contributed by atoms with van der Waals surface area (Å²) in [6.07, 6.45) is 19.5. The van der Waals surface area contributed by atoms with Crippen molar-refractivity contribution in [1.29, 1.82) is 0 Å². The summed E-state index contributed by atoms with van der Waals surface area (Å²) in [6, 6.07) is 0. The molecule has 1 unspecified atom stereocenters. The first-order valence-corrected chi connectivity index (χ1v) is 17.4. The van der Waals surface area contributed by atoms with Crippen molar-refractivity contribution >= 4 is 0 Å². The van der Waals surface area contributed by atoms with E-state index in [4.69, 9.17) is 0 Å². The molecule has 0 aliphatic heterocycles. The van der Waals surface area contributed by atoms with Crippen molar-refractivity contribution in [3.63, 3.8) is 0 Å². The fourth-order valence-electron chi connectivity index (χ4n) is 4.83. The topological polar surface area (TPSA) is 0 Å². The van der Waals surface area contributed by atoms with Crippen molar-refractivity contribution in [1.82, 2.24) is 0 Å². The monoisotopic (exact) mass is 609 g/mol. The first kappa shape index (κ1) is 45.7. The number of halogens is 3. The van der Waals surface area contributed by atoms with Crippen LogP contribution >= 0.6 is 0 Å². The minimum absolute atomic E-state index is 0.353. The summed E-state index contributed by atoms with van der Waals surface area (Å²) in [5.41, 5.74) is 5.51. The van der Waals surface area contributed by atoms with Crippen molar-refractivity contribution in [2.24, 2.45) is 5.92 Å². The van der Waals surface area contributed by atoms with Crippen LogP contribution in [0.5, 0.6) is 0 Å². The molecule has 252 valence electrons. The summed E-state index contributed by atoms with van der Waals surface area (Å²) in [4.78, 5) is 0. The van der Waals surface area contributed by atoms with Gasteiger partial charge in [0.25, 0.3) is 0 Å².